The van der Waals surface area contributed by atoms with Gasteiger partial charge in [0.15, 0.2) is 15.8 Å². The smallest absolute Gasteiger partial charge is 0.191 e. The van der Waals surface area contributed by atoms with Gasteiger partial charge in [-0.2, -0.15) is 0 Å². The van der Waals surface area contributed by atoms with Crippen LogP contribution in [0.5, 0.6) is 0 Å². The molecule has 1 aliphatic heterocycles. The van der Waals surface area contributed by atoms with Gasteiger partial charge in [0.1, 0.15) is 0 Å². The first-order chi connectivity index (χ1) is 9.34. The van der Waals surface area contributed by atoms with Crippen LogP contribution >= 0.6 is 0 Å². The lowest BCUT2D eigenvalue weighted by Crippen LogP contribution is -2.45. The highest BCUT2D eigenvalue weighted by molar-refractivity contribution is 7.92. The van der Waals surface area contributed by atoms with Crippen molar-refractivity contribution in [3.05, 3.63) is 0 Å². The summed E-state index contributed by atoms with van der Waals surface area (Å²) in [4.78, 5) is 6.54. The summed E-state index contributed by atoms with van der Waals surface area (Å²) in [6.07, 6.45) is 7.10. The third-order valence-corrected chi connectivity index (χ3v) is 6.92. The summed E-state index contributed by atoms with van der Waals surface area (Å²) in [5.41, 5.74) is 6.07. The maximum Gasteiger partial charge on any atom is 0.191 e. The molecule has 1 heterocycles. The van der Waals surface area contributed by atoms with Gasteiger partial charge in [0.25, 0.3) is 0 Å². The Morgan fingerprint density at radius 1 is 1.35 bits per heavy atom. The normalized spacial score (nSPS) is 27.8. The SMILES string of the molecule is CC1CCCN(C(N)=NCC2(S(C)(=O)=O)CCCC2)C1. The van der Waals surface area contributed by atoms with Crippen LogP contribution in [0.1, 0.15) is 45.4 Å². The fourth-order valence-electron chi connectivity index (χ4n) is 3.39. The number of piperidine rings is 1. The predicted molar refractivity (Wildman–Crippen MR) is 82.5 cm³/mol. The van der Waals surface area contributed by atoms with Crippen molar-refractivity contribution in [2.75, 3.05) is 25.9 Å². The van der Waals surface area contributed by atoms with E-state index in [1.807, 2.05) is 0 Å². The van der Waals surface area contributed by atoms with E-state index in [-0.39, 0.29) is 0 Å². The Morgan fingerprint density at radius 2 is 2.00 bits per heavy atom. The molecule has 0 amide bonds. The van der Waals surface area contributed by atoms with Crippen molar-refractivity contribution in [3.8, 4) is 0 Å². The van der Waals surface area contributed by atoms with Crippen molar-refractivity contribution in [2.45, 2.75) is 50.2 Å². The van der Waals surface area contributed by atoms with Gasteiger partial charge < -0.3 is 10.6 Å². The first-order valence-corrected chi connectivity index (χ1v) is 9.48. The summed E-state index contributed by atoms with van der Waals surface area (Å²) in [6, 6.07) is 0. The van der Waals surface area contributed by atoms with E-state index in [1.165, 1.54) is 12.7 Å². The molecule has 1 saturated carbocycles. The Morgan fingerprint density at radius 3 is 2.55 bits per heavy atom. The van der Waals surface area contributed by atoms with E-state index in [2.05, 4.69) is 16.8 Å². The molecule has 2 fully saturated rings. The van der Waals surface area contributed by atoms with Crippen LogP contribution in [0.2, 0.25) is 0 Å². The standard InChI is InChI=1S/C14H27N3O2S/c1-12-6-5-9-17(10-12)13(15)16-11-14(20(2,18)19)7-3-4-8-14/h12H,3-11H2,1-2H3,(H2,15,16). The Balaban J connectivity index is 2.06. The highest BCUT2D eigenvalue weighted by Crippen LogP contribution is 2.36. The van der Waals surface area contributed by atoms with E-state index in [0.717, 1.165) is 45.2 Å². The van der Waals surface area contributed by atoms with Gasteiger partial charge in [-0.25, -0.2) is 8.42 Å². The van der Waals surface area contributed by atoms with Crippen molar-refractivity contribution in [3.63, 3.8) is 0 Å². The number of aliphatic imine (C=N–C) groups is 1. The third kappa shape index (κ3) is 3.27. The lowest BCUT2D eigenvalue weighted by molar-refractivity contribution is 0.270. The number of guanidine groups is 1. The molecule has 1 aliphatic carbocycles. The van der Waals surface area contributed by atoms with Gasteiger partial charge >= 0.3 is 0 Å². The van der Waals surface area contributed by atoms with Gasteiger partial charge in [-0.05, 0) is 31.6 Å². The fraction of sp³-hybridized carbons (Fsp3) is 0.929. The maximum atomic E-state index is 12.1. The molecule has 2 aliphatic rings. The average Bonchev–Trinajstić information content (AvgIpc) is 2.85. The van der Waals surface area contributed by atoms with Crippen molar-refractivity contribution in [1.82, 2.24) is 4.90 Å². The van der Waals surface area contributed by atoms with Crippen molar-refractivity contribution in [1.29, 1.82) is 0 Å². The van der Waals surface area contributed by atoms with Crippen LogP contribution in [-0.4, -0.2) is 49.9 Å². The molecule has 0 aromatic heterocycles. The Labute approximate surface area is 122 Å². The molecule has 1 saturated heterocycles. The Hall–Kier alpha value is -0.780. The average molecular weight is 301 g/mol. The molecule has 1 atom stereocenters. The zero-order valence-corrected chi connectivity index (χ0v) is 13.5. The van der Waals surface area contributed by atoms with E-state index < -0.39 is 14.6 Å². The molecule has 116 valence electrons. The molecular formula is C14H27N3O2S. The third-order valence-electron chi connectivity index (χ3n) is 4.81. The summed E-state index contributed by atoms with van der Waals surface area (Å²) in [5, 5.41) is 0. The molecule has 1 unspecified atom stereocenters. The second-order valence-electron chi connectivity index (χ2n) is 6.53. The highest BCUT2D eigenvalue weighted by Gasteiger charge is 2.43. The van der Waals surface area contributed by atoms with E-state index in [1.54, 1.807) is 0 Å². The molecule has 2 N–H and O–H groups in total. The zero-order chi connectivity index (χ0) is 14.8. The highest BCUT2D eigenvalue weighted by atomic mass is 32.2. The molecule has 0 radical (unpaired) electrons. The summed E-state index contributed by atoms with van der Waals surface area (Å²) >= 11 is 0. The molecule has 20 heavy (non-hydrogen) atoms. The van der Waals surface area contributed by atoms with Crippen LogP contribution in [-0.2, 0) is 9.84 Å². The molecule has 0 aromatic carbocycles. The minimum absolute atomic E-state index is 0.322. The van der Waals surface area contributed by atoms with Crippen LogP contribution in [0.15, 0.2) is 4.99 Å². The van der Waals surface area contributed by atoms with Gasteiger partial charge in [-0.3, -0.25) is 4.99 Å². The summed E-state index contributed by atoms with van der Waals surface area (Å²) in [5.74, 6) is 1.15. The number of nitrogens with two attached hydrogens (primary N) is 1. The Kier molecular flexibility index (Phi) is 4.62. The van der Waals surface area contributed by atoms with Crippen LogP contribution < -0.4 is 5.73 Å². The van der Waals surface area contributed by atoms with Crippen LogP contribution in [0.4, 0.5) is 0 Å². The lowest BCUT2D eigenvalue weighted by atomic mass is 10.0. The number of hydrogen-bond acceptors (Lipinski definition) is 3. The molecule has 2 rings (SSSR count). The monoisotopic (exact) mass is 301 g/mol. The lowest BCUT2D eigenvalue weighted by Gasteiger charge is -2.32. The largest absolute Gasteiger partial charge is 0.370 e. The van der Waals surface area contributed by atoms with Crippen molar-refractivity contribution in [2.24, 2.45) is 16.6 Å². The van der Waals surface area contributed by atoms with E-state index >= 15 is 0 Å². The van der Waals surface area contributed by atoms with E-state index in [9.17, 15) is 8.42 Å². The molecule has 6 heteroatoms. The number of hydrogen-bond donors (Lipinski definition) is 1. The topological polar surface area (TPSA) is 75.8 Å². The summed E-state index contributed by atoms with van der Waals surface area (Å²) in [7, 11) is -3.08. The molecule has 5 nitrogen and oxygen atoms in total. The predicted octanol–water partition coefficient (Wildman–Crippen LogP) is 1.39. The number of likely N-dealkylation sites (tertiary alicyclic amines) is 1. The molecule has 0 bridgehead atoms. The van der Waals surface area contributed by atoms with Crippen molar-refractivity contribution >= 4 is 15.8 Å². The number of sulfone groups is 1. The molecular weight excluding hydrogens is 274 g/mol. The number of rotatable bonds is 3. The van der Waals surface area contributed by atoms with Gasteiger partial charge in [0.2, 0.25) is 0 Å². The summed E-state index contributed by atoms with van der Waals surface area (Å²) in [6.45, 7) is 4.41. The number of nitrogens with zero attached hydrogens (tertiary/aromatic N) is 2. The second kappa shape index (κ2) is 5.92. The van der Waals surface area contributed by atoms with Crippen LogP contribution in [0.3, 0.4) is 0 Å². The van der Waals surface area contributed by atoms with Gasteiger partial charge in [0.05, 0.1) is 11.3 Å². The maximum absolute atomic E-state index is 12.1. The fourth-order valence-corrected chi connectivity index (χ4v) is 4.72. The van der Waals surface area contributed by atoms with Gasteiger partial charge in [0, 0.05) is 19.3 Å². The van der Waals surface area contributed by atoms with Gasteiger partial charge in [-0.1, -0.05) is 19.8 Å². The summed E-state index contributed by atoms with van der Waals surface area (Å²) < 4.78 is 23.5. The minimum Gasteiger partial charge on any atom is -0.370 e. The van der Waals surface area contributed by atoms with Crippen LogP contribution in [0.25, 0.3) is 0 Å². The van der Waals surface area contributed by atoms with Crippen LogP contribution in [0, 0.1) is 5.92 Å². The first kappa shape index (κ1) is 15.6. The minimum atomic E-state index is -3.08. The Bertz CT molecular complexity index is 467. The van der Waals surface area contributed by atoms with Crippen molar-refractivity contribution < 1.29 is 8.42 Å². The molecule has 0 aromatic rings. The first-order valence-electron chi connectivity index (χ1n) is 7.58. The van der Waals surface area contributed by atoms with E-state index in [4.69, 9.17) is 5.73 Å². The quantitative estimate of drug-likeness (QED) is 0.631. The molecule has 0 spiro atoms. The van der Waals surface area contributed by atoms with Gasteiger partial charge in [-0.15, -0.1) is 0 Å². The van der Waals surface area contributed by atoms with E-state index in [0.29, 0.717) is 18.4 Å². The zero-order valence-electron chi connectivity index (χ0n) is 12.6. The second-order valence-corrected chi connectivity index (χ2v) is 8.94.